The molecule has 0 radical (unpaired) electrons. The molecule has 0 aliphatic carbocycles. The Kier molecular flexibility index (Phi) is 4.36. The third-order valence-corrected chi connectivity index (χ3v) is 4.56. The maximum Gasteiger partial charge on any atom is 0.168 e. The number of phenols is 1. The average molecular weight is 342 g/mol. The standard InChI is InChI=1S/C15H20BrNO3/c16-12-8-13-15(20-6-2-5-19-13)11(14(12)18)7-10-3-1-4-17-9-10/h8,10,17-18H,1-7,9H2. The summed E-state index contributed by atoms with van der Waals surface area (Å²) in [6, 6.07) is 1.80. The molecule has 0 amide bonds. The van der Waals surface area contributed by atoms with Gasteiger partial charge in [0, 0.05) is 18.1 Å². The van der Waals surface area contributed by atoms with E-state index in [0.717, 1.165) is 43.0 Å². The molecule has 1 atom stereocenters. The summed E-state index contributed by atoms with van der Waals surface area (Å²) < 4.78 is 12.2. The minimum Gasteiger partial charge on any atom is -0.506 e. The summed E-state index contributed by atoms with van der Waals surface area (Å²) in [4.78, 5) is 0. The lowest BCUT2D eigenvalue weighted by molar-refractivity contribution is 0.294. The number of benzene rings is 1. The zero-order valence-corrected chi connectivity index (χ0v) is 13.0. The molecule has 5 heteroatoms. The molecule has 2 N–H and O–H groups in total. The lowest BCUT2D eigenvalue weighted by Crippen LogP contribution is -2.31. The Morgan fingerprint density at radius 3 is 2.95 bits per heavy atom. The monoisotopic (exact) mass is 341 g/mol. The average Bonchev–Trinajstić information content (AvgIpc) is 2.70. The fraction of sp³-hybridized carbons (Fsp3) is 0.600. The summed E-state index contributed by atoms with van der Waals surface area (Å²) in [5.41, 5.74) is 0.880. The van der Waals surface area contributed by atoms with Gasteiger partial charge in [-0.25, -0.2) is 0 Å². The molecule has 0 spiro atoms. The smallest absolute Gasteiger partial charge is 0.168 e. The molecule has 2 heterocycles. The molecule has 0 bridgehead atoms. The number of halogens is 1. The molecule has 3 rings (SSSR count). The third-order valence-electron chi connectivity index (χ3n) is 3.95. The van der Waals surface area contributed by atoms with Crippen LogP contribution in [0.15, 0.2) is 10.5 Å². The molecule has 20 heavy (non-hydrogen) atoms. The molecular formula is C15H20BrNO3. The van der Waals surface area contributed by atoms with Gasteiger partial charge in [0.1, 0.15) is 5.75 Å². The van der Waals surface area contributed by atoms with Crippen LogP contribution in [-0.2, 0) is 6.42 Å². The van der Waals surface area contributed by atoms with Gasteiger partial charge in [-0.1, -0.05) is 0 Å². The van der Waals surface area contributed by atoms with E-state index in [1.807, 2.05) is 0 Å². The van der Waals surface area contributed by atoms with E-state index in [1.165, 1.54) is 12.8 Å². The van der Waals surface area contributed by atoms with Crippen molar-refractivity contribution in [3.8, 4) is 17.2 Å². The van der Waals surface area contributed by atoms with E-state index < -0.39 is 0 Å². The number of hydrogen-bond donors (Lipinski definition) is 2. The first-order valence-electron chi connectivity index (χ1n) is 7.26. The highest BCUT2D eigenvalue weighted by atomic mass is 79.9. The number of phenolic OH excluding ortho intramolecular Hbond substituents is 1. The molecule has 1 aromatic rings. The molecule has 2 aliphatic rings. The van der Waals surface area contributed by atoms with Crippen LogP contribution >= 0.6 is 15.9 Å². The minimum absolute atomic E-state index is 0.292. The molecule has 1 fully saturated rings. The first kappa shape index (κ1) is 14.0. The molecule has 0 saturated carbocycles. The Morgan fingerprint density at radius 2 is 2.15 bits per heavy atom. The number of hydrogen-bond acceptors (Lipinski definition) is 4. The van der Waals surface area contributed by atoms with Crippen LogP contribution in [0.4, 0.5) is 0 Å². The highest BCUT2D eigenvalue weighted by Gasteiger charge is 2.24. The quantitative estimate of drug-likeness (QED) is 0.868. The predicted molar refractivity (Wildman–Crippen MR) is 80.7 cm³/mol. The van der Waals surface area contributed by atoms with Gasteiger partial charge in [0.25, 0.3) is 0 Å². The van der Waals surface area contributed by atoms with Crippen molar-refractivity contribution in [3.05, 3.63) is 16.1 Å². The Labute approximate surface area is 127 Å². The number of ether oxygens (including phenoxy) is 2. The highest BCUT2D eigenvalue weighted by molar-refractivity contribution is 9.10. The van der Waals surface area contributed by atoms with Gasteiger partial charge in [-0.3, -0.25) is 0 Å². The largest absolute Gasteiger partial charge is 0.506 e. The molecular weight excluding hydrogens is 322 g/mol. The molecule has 1 unspecified atom stereocenters. The second-order valence-electron chi connectivity index (χ2n) is 5.48. The first-order valence-corrected chi connectivity index (χ1v) is 8.05. The maximum atomic E-state index is 10.4. The van der Waals surface area contributed by atoms with Gasteiger partial charge in [0.05, 0.1) is 17.7 Å². The summed E-state index contributed by atoms with van der Waals surface area (Å²) in [6.45, 7) is 3.40. The Balaban J connectivity index is 1.92. The van der Waals surface area contributed by atoms with Crippen LogP contribution in [0.2, 0.25) is 0 Å². The van der Waals surface area contributed by atoms with Crippen LogP contribution < -0.4 is 14.8 Å². The van der Waals surface area contributed by atoms with Gasteiger partial charge in [0.15, 0.2) is 11.5 Å². The van der Waals surface area contributed by atoms with E-state index in [9.17, 15) is 5.11 Å². The normalized spacial score (nSPS) is 22.4. The van der Waals surface area contributed by atoms with Crippen molar-refractivity contribution < 1.29 is 14.6 Å². The first-order chi connectivity index (χ1) is 9.75. The van der Waals surface area contributed by atoms with E-state index in [1.54, 1.807) is 6.07 Å². The van der Waals surface area contributed by atoms with Crippen molar-refractivity contribution in [2.75, 3.05) is 26.3 Å². The summed E-state index contributed by atoms with van der Waals surface area (Å²) in [5, 5.41) is 13.8. The lowest BCUT2D eigenvalue weighted by Gasteiger charge is -2.24. The SMILES string of the molecule is Oc1c(Br)cc2c(c1CC1CCCNC1)OCCCO2. The van der Waals surface area contributed by atoms with Gasteiger partial charge in [-0.05, 0) is 54.2 Å². The van der Waals surface area contributed by atoms with E-state index in [2.05, 4.69) is 21.2 Å². The summed E-state index contributed by atoms with van der Waals surface area (Å²) >= 11 is 3.41. The van der Waals surface area contributed by atoms with Crippen molar-refractivity contribution in [1.82, 2.24) is 5.32 Å². The van der Waals surface area contributed by atoms with Crippen molar-refractivity contribution in [3.63, 3.8) is 0 Å². The predicted octanol–water partition coefficient (Wildman–Crippen LogP) is 2.86. The summed E-state index contributed by atoms with van der Waals surface area (Å²) in [6.07, 6.45) is 4.08. The fourth-order valence-corrected chi connectivity index (χ4v) is 3.35. The van der Waals surface area contributed by atoms with Gasteiger partial charge < -0.3 is 19.9 Å². The van der Waals surface area contributed by atoms with E-state index in [0.29, 0.717) is 29.4 Å². The van der Waals surface area contributed by atoms with Crippen molar-refractivity contribution in [2.24, 2.45) is 5.92 Å². The number of aromatic hydroxyl groups is 1. The van der Waals surface area contributed by atoms with Crippen molar-refractivity contribution in [1.29, 1.82) is 0 Å². The number of rotatable bonds is 2. The molecule has 1 saturated heterocycles. The van der Waals surface area contributed by atoms with Gasteiger partial charge in [0.2, 0.25) is 0 Å². The zero-order chi connectivity index (χ0) is 13.9. The summed E-state index contributed by atoms with van der Waals surface area (Å²) in [7, 11) is 0. The Hall–Kier alpha value is -0.940. The molecule has 110 valence electrons. The van der Waals surface area contributed by atoms with E-state index in [4.69, 9.17) is 9.47 Å². The van der Waals surface area contributed by atoms with Crippen molar-refractivity contribution >= 4 is 15.9 Å². The summed E-state index contributed by atoms with van der Waals surface area (Å²) in [5.74, 6) is 2.31. The van der Waals surface area contributed by atoms with Crippen molar-refractivity contribution in [2.45, 2.75) is 25.7 Å². The van der Waals surface area contributed by atoms with Gasteiger partial charge in [-0.15, -0.1) is 0 Å². The molecule has 1 aromatic carbocycles. The number of nitrogens with one attached hydrogen (secondary N) is 1. The molecule has 0 aromatic heterocycles. The topological polar surface area (TPSA) is 50.7 Å². The number of fused-ring (bicyclic) bond motifs is 1. The maximum absolute atomic E-state index is 10.4. The molecule has 4 nitrogen and oxygen atoms in total. The third kappa shape index (κ3) is 2.88. The second-order valence-corrected chi connectivity index (χ2v) is 6.33. The second kappa shape index (κ2) is 6.22. The van der Waals surface area contributed by atoms with Crippen LogP contribution in [0.3, 0.4) is 0 Å². The van der Waals surface area contributed by atoms with Crippen LogP contribution in [-0.4, -0.2) is 31.4 Å². The van der Waals surface area contributed by atoms with E-state index in [-0.39, 0.29) is 0 Å². The van der Waals surface area contributed by atoms with Crippen LogP contribution in [0.1, 0.15) is 24.8 Å². The van der Waals surface area contributed by atoms with Crippen LogP contribution in [0.25, 0.3) is 0 Å². The minimum atomic E-state index is 0.292. The highest BCUT2D eigenvalue weighted by Crippen LogP contribution is 2.44. The zero-order valence-electron chi connectivity index (χ0n) is 11.5. The van der Waals surface area contributed by atoms with E-state index >= 15 is 0 Å². The fourth-order valence-electron chi connectivity index (χ4n) is 2.91. The Morgan fingerprint density at radius 1 is 1.30 bits per heavy atom. The van der Waals surface area contributed by atoms with Crippen LogP contribution in [0.5, 0.6) is 17.2 Å². The molecule has 2 aliphatic heterocycles. The lowest BCUT2D eigenvalue weighted by atomic mass is 9.91. The number of piperidine rings is 1. The van der Waals surface area contributed by atoms with Gasteiger partial charge >= 0.3 is 0 Å². The van der Waals surface area contributed by atoms with Gasteiger partial charge in [-0.2, -0.15) is 0 Å². The Bertz CT molecular complexity index is 486. The van der Waals surface area contributed by atoms with Crippen LogP contribution in [0, 0.1) is 5.92 Å².